The van der Waals surface area contributed by atoms with Crippen LogP contribution >= 0.6 is 0 Å². The van der Waals surface area contributed by atoms with Crippen molar-refractivity contribution in [2.75, 3.05) is 13.1 Å². The van der Waals surface area contributed by atoms with Crippen molar-refractivity contribution < 1.29 is 0 Å². The second kappa shape index (κ2) is 4.13. The normalized spacial score (nSPS) is 17.4. The van der Waals surface area contributed by atoms with Crippen LogP contribution in [-0.4, -0.2) is 22.6 Å². The Morgan fingerprint density at radius 2 is 2.36 bits per heavy atom. The monoisotopic (exact) mass is 193 g/mol. The Balaban J connectivity index is 1.98. The molecule has 1 aromatic heterocycles. The fourth-order valence-corrected chi connectivity index (χ4v) is 1.75. The fraction of sp³-hybridized carbons (Fsp3) is 0.727. The van der Waals surface area contributed by atoms with Crippen LogP contribution in [0, 0.1) is 5.92 Å². The van der Waals surface area contributed by atoms with E-state index in [1.807, 2.05) is 12.5 Å². The third kappa shape index (κ3) is 1.98. The van der Waals surface area contributed by atoms with E-state index in [0.717, 1.165) is 25.6 Å². The lowest BCUT2D eigenvalue weighted by atomic mass is 9.99. The zero-order valence-electron chi connectivity index (χ0n) is 9.03. The summed E-state index contributed by atoms with van der Waals surface area (Å²) in [6.07, 6.45) is 5.23. The van der Waals surface area contributed by atoms with Gasteiger partial charge in [-0.3, -0.25) is 0 Å². The van der Waals surface area contributed by atoms with Gasteiger partial charge in [-0.2, -0.15) is 0 Å². The summed E-state index contributed by atoms with van der Waals surface area (Å²) in [5.41, 5.74) is 1.41. The van der Waals surface area contributed by atoms with Crippen molar-refractivity contribution >= 4 is 0 Å². The van der Waals surface area contributed by atoms with E-state index < -0.39 is 0 Å². The van der Waals surface area contributed by atoms with Gasteiger partial charge < -0.3 is 9.88 Å². The molecule has 1 aliphatic heterocycles. The quantitative estimate of drug-likeness (QED) is 0.787. The molecule has 0 unspecified atom stereocenters. The third-order valence-corrected chi connectivity index (χ3v) is 2.89. The molecule has 1 aromatic rings. The van der Waals surface area contributed by atoms with E-state index in [9.17, 15) is 0 Å². The lowest BCUT2D eigenvalue weighted by molar-refractivity contribution is 0.413. The summed E-state index contributed by atoms with van der Waals surface area (Å²) < 4.78 is 2.31. The van der Waals surface area contributed by atoms with Crippen LogP contribution in [0.25, 0.3) is 0 Å². The molecular weight excluding hydrogens is 174 g/mol. The SMILES string of the molecule is CC(C)CCn1cncc1C1CNC1. The highest BCUT2D eigenvalue weighted by atomic mass is 15.1. The standard InChI is InChI=1S/C11H19N3/c1-9(2)3-4-14-8-13-7-11(14)10-5-12-6-10/h7-10,12H,3-6H2,1-2H3. The van der Waals surface area contributed by atoms with Gasteiger partial charge in [-0.25, -0.2) is 4.98 Å². The average Bonchev–Trinajstić information content (AvgIpc) is 2.46. The largest absolute Gasteiger partial charge is 0.334 e. The molecule has 0 aliphatic carbocycles. The topological polar surface area (TPSA) is 29.9 Å². The van der Waals surface area contributed by atoms with Gasteiger partial charge in [-0.1, -0.05) is 13.8 Å². The number of hydrogen-bond donors (Lipinski definition) is 1. The molecule has 0 spiro atoms. The fourth-order valence-electron chi connectivity index (χ4n) is 1.75. The van der Waals surface area contributed by atoms with Gasteiger partial charge in [0.1, 0.15) is 0 Å². The number of aryl methyl sites for hydroxylation is 1. The third-order valence-electron chi connectivity index (χ3n) is 2.89. The van der Waals surface area contributed by atoms with Crippen LogP contribution in [0.15, 0.2) is 12.5 Å². The molecule has 3 nitrogen and oxygen atoms in total. The molecule has 1 aliphatic rings. The van der Waals surface area contributed by atoms with Crippen LogP contribution in [0.3, 0.4) is 0 Å². The van der Waals surface area contributed by atoms with Gasteiger partial charge in [0.2, 0.25) is 0 Å². The predicted octanol–water partition coefficient (Wildman–Crippen LogP) is 1.62. The van der Waals surface area contributed by atoms with E-state index >= 15 is 0 Å². The minimum absolute atomic E-state index is 0.699. The van der Waals surface area contributed by atoms with Gasteiger partial charge in [-0.05, 0) is 12.3 Å². The zero-order valence-corrected chi connectivity index (χ0v) is 9.03. The van der Waals surface area contributed by atoms with Crippen molar-refractivity contribution in [2.45, 2.75) is 32.7 Å². The molecule has 0 aromatic carbocycles. The molecular formula is C11H19N3. The van der Waals surface area contributed by atoms with Crippen molar-refractivity contribution in [2.24, 2.45) is 5.92 Å². The molecule has 0 radical (unpaired) electrons. The Hall–Kier alpha value is -0.830. The first-order valence-corrected chi connectivity index (χ1v) is 5.48. The minimum atomic E-state index is 0.699. The molecule has 3 heteroatoms. The number of aromatic nitrogens is 2. The second-order valence-corrected chi connectivity index (χ2v) is 4.55. The Morgan fingerprint density at radius 3 is 2.93 bits per heavy atom. The minimum Gasteiger partial charge on any atom is -0.334 e. The zero-order chi connectivity index (χ0) is 9.97. The smallest absolute Gasteiger partial charge is 0.0948 e. The molecule has 0 bridgehead atoms. The summed E-state index contributed by atoms with van der Waals surface area (Å²) in [5.74, 6) is 1.47. The van der Waals surface area contributed by atoms with E-state index in [2.05, 4.69) is 28.7 Å². The van der Waals surface area contributed by atoms with Crippen LogP contribution in [0.5, 0.6) is 0 Å². The molecule has 1 fully saturated rings. The average molecular weight is 193 g/mol. The van der Waals surface area contributed by atoms with E-state index in [4.69, 9.17) is 0 Å². The summed E-state index contributed by atoms with van der Waals surface area (Å²) in [6.45, 7) is 7.88. The number of rotatable bonds is 4. The predicted molar refractivity (Wildman–Crippen MR) is 57.3 cm³/mol. The molecule has 1 saturated heterocycles. The van der Waals surface area contributed by atoms with E-state index in [-0.39, 0.29) is 0 Å². The van der Waals surface area contributed by atoms with Crippen LogP contribution in [0.4, 0.5) is 0 Å². The highest BCUT2D eigenvalue weighted by molar-refractivity contribution is 5.11. The lowest BCUT2D eigenvalue weighted by Gasteiger charge is -2.28. The number of nitrogens with zero attached hydrogens (tertiary/aromatic N) is 2. The van der Waals surface area contributed by atoms with Gasteiger partial charge in [0.05, 0.1) is 6.33 Å². The summed E-state index contributed by atoms with van der Waals surface area (Å²) in [4.78, 5) is 4.24. The summed E-state index contributed by atoms with van der Waals surface area (Å²) in [7, 11) is 0. The Labute approximate surface area is 85.5 Å². The molecule has 2 heterocycles. The van der Waals surface area contributed by atoms with Gasteiger partial charge in [0.25, 0.3) is 0 Å². The first-order chi connectivity index (χ1) is 6.77. The molecule has 0 amide bonds. The second-order valence-electron chi connectivity index (χ2n) is 4.55. The van der Waals surface area contributed by atoms with Crippen molar-refractivity contribution in [1.82, 2.24) is 14.9 Å². The molecule has 0 atom stereocenters. The molecule has 78 valence electrons. The number of hydrogen-bond acceptors (Lipinski definition) is 2. The summed E-state index contributed by atoms with van der Waals surface area (Å²) in [6, 6.07) is 0. The number of nitrogens with one attached hydrogen (secondary N) is 1. The van der Waals surface area contributed by atoms with E-state index in [1.165, 1.54) is 12.1 Å². The highest BCUT2D eigenvalue weighted by Gasteiger charge is 2.21. The van der Waals surface area contributed by atoms with E-state index in [1.54, 1.807) is 0 Å². The van der Waals surface area contributed by atoms with Crippen LogP contribution in [-0.2, 0) is 6.54 Å². The maximum Gasteiger partial charge on any atom is 0.0948 e. The first kappa shape index (κ1) is 9.71. The van der Waals surface area contributed by atoms with Crippen molar-refractivity contribution in [1.29, 1.82) is 0 Å². The van der Waals surface area contributed by atoms with Crippen molar-refractivity contribution in [3.63, 3.8) is 0 Å². The van der Waals surface area contributed by atoms with Crippen molar-refractivity contribution in [3.8, 4) is 0 Å². The van der Waals surface area contributed by atoms with Crippen LogP contribution in [0.1, 0.15) is 31.9 Å². The van der Waals surface area contributed by atoms with Gasteiger partial charge in [0.15, 0.2) is 0 Å². The first-order valence-electron chi connectivity index (χ1n) is 5.48. The maximum absolute atomic E-state index is 4.24. The van der Waals surface area contributed by atoms with E-state index in [0.29, 0.717) is 5.92 Å². The molecule has 0 saturated carbocycles. The van der Waals surface area contributed by atoms with Gasteiger partial charge in [0, 0.05) is 37.4 Å². The summed E-state index contributed by atoms with van der Waals surface area (Å²) in [5, 5.41) is 3.30. The van der Waals surface area contributed by atoms with Gasteiger partial charge in [-0.15, -0.1) is 0 Å². The van der Waals surface area contributed by atoms with Crippen LogP contribution in [0.2, 0.25) is 0 Å². The number of imidazole rings is 1. The Morgan fingerprint density at radius 1 is 1.57 bits per heavy atom. The summed E-state index contributed by atoms with van der Waals surface area (Å²) >= 11 is 0. The van der Waals surface area contributed by atoms with Gasteiger partial charge >= 0.3 is 0 Å². The van der Waals surface area contributed by atoms with Crippen LogP contribution < -0.4 is 5.32 Å². The highest BCUT2D eigenvalue weighted by Crippen LogP contribution is 2.19. The Bertz CT molecular complexity index is 286. The Kier molecular flexibility index (Phi) is 2.87. The maximum atomic E-state index is 4.24. The van der Waals surface area contributed by atoms with Crippen molar-refractivity contribution in [3.05, 3.63) is 18.2 Å². The molecule has 14 heavy (non-hydrogen) atoms. The lowest BCUT2D eigenvalue weighted by Crippen LogP contribution is -2.40. The molecule has 1 N–H and O–H groups in total. The molecule has 2 rings (SSSR count).